The van der Waals surface area contributed by atoms with Crippen molar-refractivity contribution < 1.29 is 4.42 Å². The van der Waals surface area contributed by atoms with Crippen LogP contribution in [0.1, 0.15) is 0 Å². The summed E-state index contributed by atoms with van der Waals surface area (Å²) in [6, 6.07) is 82.9. The third-order valence-corrected chi connectivity index (χ3v) is 12.2. The van der Waals surface area contributed by atoms with Crippen LogP contribution in [0.25, 0.3) is 93.6 Å². The molecule has 0 aliphatic carbocycles. The van der Waals surface area contributed by atoms with E-state index in [9.17, 15) is 0 Å². The second-order valence-electron chi connectivity index (χ2n) is 15.6. The number of aromatic nitrogens is 1. The van der Waals surface area contributed by atoms with Gasteiger partial charge < -0.3 is 13.9 Å². The van der Waals surface area contributed by atoms with E-state index in [4.69, 9.17) is 4.42 Å². The Kier molecular flexibility index (Phi) is 8.17. The predicted octanol–water partition coefficient (Wildman–Crippen LogP) is 16.3. The summed E-state index contributed by atoms with van der Waals surface area (Å²) < 4.78 is 8.96. The van der Waals surface area contributed by atoms with Crippen LogP contribution in [0.5, 0.6) is 0 Å². The number of benzene rings is 10. The number of anilines is 3. The summed E-state index contributed by atoms with van der Waals surface area (Å²) in [7, 11) is 0. The fraction of sp³-hybridized carbons (Fsp3) is 0. The summed E-state index contributed by atoms with van der Waals surface area (Å²) in [6.07, 6.45) is 0. The van der Waals surface area contributed by atoms with Crippen LogP contribution in [0, 0.1) is 0 Å². The normalized spacial score (nSPS) is 11.6. The van der Waals surface area contributed by atoms with E-state index < -0.39 is 0 Å². The van der Waals surface area contributed by atoms with E-state index in [0.717, 1.165) is 77.9 Å². The van der Waals surface area contributed by atoms with Crippen molar-refractivity contribution in [2.24, 2.45) is 0 Å². The van der Waals surface area contributed by atoms with E-state index >= 15 is 0 Å². The Hall–Kier alpha value is -8.14. The van der Waals surface area contributed by atoms with Gasteiger partial charge in [-0.3, -0.25) is 0 Å². The molecule has 61 heavy (non-hydrogen) atoms. The van der Waals surface area contributed by atoms with E-state index in [1.165, 1.54) is 32.8 Å². The number of nitrogens with zero attached hydrogens (tertiary/aromatic N) is 2. The van der Waals surface area contributed by atoms with E-state index in [2.05, 4.69) is 240 Å². The first kappa shape index (κ1) is 34.9. The van der Waals surface area contributed by atoms with Gasteiger partial charge in [0.25, 0.3) is 0 Å². The molecule has 2 aromatic heterocycles. The molecule has 0 atom stereocenters. The molecule has 3 heteroatoms. The molecular weight excluding hydrogens is 741 g/mol. The molecule has 0 unspecified atom stereocenters. The highest BCUT2D eigenvalue weighted by atomic mass is 16.3. The molecule has 2 heterocycles. The minimum atomic E-state index is 0.885. The van der Waals surface area contributed by atoms with Crippen LogP contribution in [0.15, 0.2) is 235 Å². The summed E-state index contributed by atoms with van der Waals surface area (Å²) >= 11 is 0. The van der Waals surface area contributed by atoms with E-state index in [1.54, 1.807) is 0 Å². The fourth-order valence-electron chi connectivity index (χ4n) is 9.41. The number of furan rings is 1. The third kappa shape index (κ3) is 5.74. The van der Waals surface area contributed by atoms with E-state index in [-0.39, 0.29) is 0 Å². The summed E-state index contributed by atoms with van der Waals surface area (Å²) in [5.74, 6) is 0. The van der Waals surface area contributed by atoms with E-state index in [0.29, 0.717) is 0 Å². The zero-order valence-corrected chi connectivity index (χ0v) is 33.2. The van der Waals surface area contributed by atoms with Gasteiger partial charge in [-0.15, -0.1) is 0 Å². The van der Waals surface area contributed by atoms with Crippen molar-refractivity contribution in [1.29, 1.82) is 0 Å². The number of hydrogen-bond acceptors (Lipinski definition) is 2. The maximum Gasteiger partial charge on any atom is 0.143 e. The number of fused-ring (bicyclic) bond motifs is 8. The number of para-hydroxylation sites is 5. The van der Waals surface area contributed by atoms with Crippen molar-refractivity contribution in [3.8, 4) is 39.1 Å². The second kappa shape index (κ2) is 14.3. The lowest BCUT2D eigenvalue weighted by molar-refractivity contribution is 0.672. The largest absolute Gasteiger partial charge is 0.455 e. The van der Waals surface area contributed by atoms with Crippen LogP contribution in [0.4, 0.5) is 17.1 Å². The molecule has 0 saturated carbocycles. The topological polar surface area (TPSA) is 21.3 Å². The Labute approximate surface area is 353 Å². The monoisotopic (exact) mass is 778 g/mol. The molecule has 0 radical (unpaired) electrons. The first-order valence-electron chi connectivity index (χ1n) is 20.8. The summed E-state index contributed by atoms with van der Waals surface area (Å²) in [6.45, 7) is 0. The lowest BCUT2D eigenvalue weighted by Gasteiger charge is -2.30. The standard InChI is InChI=1S/C58H38N2O/c1-2-16-39(17-3-1)44-19-6-11-25-52(44)59(53-26-12-8-21-46(53)42-33-37-57-51(38-42)50-36-32-40-18-4-5-22-47(40)58(50)61-57)43-34-30-41(31-35-43)45-20-7-13-27-54(45)60-55-28-14-9-23-48(55)49-24-10-15-29-56(49)60/h1-38H. The average Bonchev–Trinajstić information content (AvgIpc) is 3.88. The van der Waals surface area contributed by atoms with Crippen LogP contribution >= 0.6 is 0 Å². The van der Waals surface area contributed by atoms with Crippen LogP contribution < -0.4 is 4.90 Å². The smallest absolute Gasteiger partial charge is 0.143 e. The average molecular weight is 779 g/mol. The van der Waals surface area contributed by atoms with Gasteiger partial charge in [0.2, 0.25) is 0 Å². The number of hydrogen-bond donors (Lipinski definition) is 0. The molecule has 0 N–H and O–H groups in total. The van der Waals surface area contributed by atoms with Gasteiger partial charge in [0.15, 0.2) is 0 Å². The molecule has 12 aromatic rings. The quantitative estimate of drug-likeness (QED) is 0.161. The minimum absolute atomic E-state index is 0.885. The SMILES string of the molecule is c1ccc(-c2ccccc2N(c2ccc(-c3ccccc3-n3c4ccccc4c4ccccc43)cc2)c2ccccc2-c2ccc3oc4c5ccccc5ccc4c3c2)cc1. The molecule has 0 saturated heterocycles. The van der Waals surface area contributed by atoms with Crippen LogP contribution in [0.3, 0.4) is 0 Å². The van der Waals surface area contributed by atoms with Gasteiger partial charge in [0.1, 0.15) is 11.2 Å². The van der Waals surface area contributed by atoms with Crippen LogP contribution in [-0.4, -0.2) is 4.57 Å². The van der Waals surface area contributed by atoms with Gasteiger partial charge in [-0.25, -0.2) is 0 Å². The maximum atomic E-state index is 6.55. The molecule has 286 valence electrons. The zero-order chi connectivity index (χ0) is 40.3. The van der Waals surface area contributed by atoms with Gasteiger partial charge in [0.05, 0.1) is 28.1 Å². The summed E-state index contributed by atoms with van der Waals surface area (Å²) in [5.41, 5.74) is 15.5. The highest BCUT2D eigenvalue weighted by Crippen LogP contribution is 2.46. The molecule has 0 aliphatic heterocycles. The van der Waals surface area contributed by atoms with Crippen molar-refractivity contribution in [3.05, 3.63) is 231 Å². The van der Waals surface area contributed by atoms with Crippen molar-refractivity contribution in [1.82, 2.24) is 4.57 Å². The predicted molar refractivity (Wildman–Crippen MR) is 257 cm³/mol. The van der Waals surface area contributed by atoms with Crippen molar-refractivity contribution in [2.45, 2.75) is 0 Å². The Bertz CT molecular complexity index is 3540. The first-order valence-corrected chi connectivity index (χ1v) is 20.8. The number of rotatable bonds is 7. The molecule has 0 bridgehead atoms. The van der Waals surface area contributed by atoms with Crippen molar-refractivity contribution >= 4 is 71.6 Å². The molecule has 10 aromatic carbocycles. The highest BCUT2D eigenvalue weighted by molar-refractivity contribution is 6.16. The molecule has 3 nitrogen and oxygen atoms in total. The van der Waals surface area contributed by atoms with Gasteiger partial charge in [-0.1, -0.05) is 170 Å². The third-order valence-electron chi connectivity index (χ3n) is 12.2. The molecule has 0 fully saturated rings. The minimum Gasteiger partial charge on any atom is -0.455 e. The Morgan fingerprint density at radius 2 is 0.885 bits per heavy atom. The van der Waals surface area contributed by atoms with Crippen LogP contribution in [0.2, 0.25) is 0 Å². The van der Waals surface area contributed by atoms with Crippen molar-refractivity contribution in [3.63, 3.8) is 0 Å². The van der Waals surface area contributed by atoms with Crippen LogP contribution in [-0.2, 0) is 0 Å². The van der Waals surface area contributed by atoms with Gasteiger partial charge in [0, 0.05) is 49.3 Å². The fourth-order valence-corrected chi connectivity index (χ4v) is 9.41. The Balaban J connectivity index is 1.03. The summed E-state index contributed by atoms with van der Waals surface area (Å²) in [4.78, 5) is 2.42. The van der Waals surface area contributed by atoms with Crippen molar-refractivity contribution in [2.75, 3.05) is 4.90 Å². The molecule has 12 rings (SSSR count). The van der Waals surface area contributed by atoms with E-state index in [1.807, 2.05) is 0 Å². The lowest BCUT2D eigenvalue weighted by atomic mass is 9.97. The molecule has 0 amide bonds. The maximum absolute atomic E-state index is 6.55. The molecular formula is C58H38N2O. The van der Waals surface area contributed by atoms with Gasteiger partial charge in [-0.05, 0) is 82.7 Å². The van der Waals surface area contributed by atoms with Gasteiger partial charge >= 0.3 is 0 Å². The Morgan fingerprint density at radius 3 is 1.61 bits per heavy atom. The second-order valence-corrected chi connectivity index (χ2v) is 15.6. The van der Waals surface area contributed by atoms with Gasteiger partial charge in [-0.2, -0.15) is 0 Å². The Morgan fingerprint density at radius 1 is 0.344 bits per heavy atom. The lowest BCUT2D eigenvalue weighted by Crippen LogP contribution is -2.12. The first-order chi connectivity index (χ1) is 30.3. The molecule has 0 spiro atoms. The highest BCUT2D eigenvalue weighted by Gasteiger charge is 2.22. The molecule has 0 aliphatic rings. The zero-order valence-electron chi connectivity index (χ0n) is 33.2. The summed E-state index contributed by atoms with van der Waals surface area (Å²) in [5, 5.41) is 7.04.